The molecule has 14 rings (SSSR count). The maximum absolute atomic E-state index is 13.3. The SMILES string of the molecule is C.C.O=C(OCC12CC3CC(CC(C3)C1)C2)C(F)(F)SOO[O-].O=C(OCC12CC3CC(CC(C3)C1)C2)C(F)(F)SOO[O-].[Cl-].[Na+].c1ccc([S+](c2ccccc2)c2ccccc2)cc1.c1ccc([S+](c2ccccc2)c2ccccc2)cc1. The molecular formula is C64H72ClF4NaO10S4. The van der Waals surface area contributed by atoms with Crippen molar-refractivity contribution in [2.45, 2.75) is 132 Å². The molecule has 8 aliphatic carbocycles. The molecule has 0 saturated heterocycles. The Morgan fingerprint density at radius 2 is 0.607 bits per heavy atom. The van der Waals surface area contributed by atoms with Gasteiger partial charge in [0.1, 0.15) is 24.1 Å². The van der Waals surface area contributed by atoms with E-state index in [2.05, 4.69) is 201 Å². The molecule has 8 aliphatic rings. The van der Waals surface area contributed by atoms with Crippen LogP contribution in [0, 0.1) is 46.3 Å². The molecule has 6 aromatic rings. The second kappa shape index (κ2) is 33.7. The van der Waals surface area contributed by atoms with E-state index < -0.39 is 46.5 Å². The predicted octanol–water partition coefficient (Wildman–Crippen LogP) is 9.27. The molecule has 6 aromatic carbocycles. The summed E-state index contributed by atoms with van der Waals surface area (Å²) >= 11 is -1.28. The molecule has 0 spiro atoms. The second-order valence-electron chi connectivity index (χ2n) is 22.0. The summed E-state index contributed by atoms with van der Waals surface area (Å²) in [6.07, 6.45) is 13.2. The van der Waals surface area contributed by atoms with E-state index in [1.165, 1.54) is 67.9 Å². The molecule has 0 unspecified atom stereocenters. The van der Waals surface area contributed by atoms with Crippen LogP contribution in [0.5, 0.6) is 0 Å². The van der Waals surface area contributed by atoms with Gasteiger partial charge in [-0.15, -0.1) is 0 Å². The van der Waals surface area contributed by atoms with E-state index in [4.69, 9.17) is 9.47 Å². The van der Waals surface area contributed by atoms with Crippen molar-refractivity contribution in [3.05, 3.63) is 182 Å². The Morgan fingerprint density at radius 1 is 0.417 bits per heavy atom. The van der Waals surface area contributed by atoms with Gasteiger partial charge in [0, 0.05) is 10.8 Å². The summed E-state index contributed by atoms with van der Waals surface area (Å²) in [7, 11) is -0.0293. The minimum Gasteiger partial charge on any atom is -1.00 e. The largest absolute Gasteiger partial charge is 1.00 e. The molecule has 84 heavy (non-hydrogen) atoms. The zero-order valence-electron chi connectivity index (χ0n) is 45.3. The standard InChI is InChI=1S/2C18H15S.2C13H18F2O5S.2CH4.ClH.Na/c2*1-4-10-16(11-5-1)19(17-12-6-2-7-13-17)18-14-8-3-9-15-18;2*14-13(15,21-20-19-17)11(16)18-7-12-4-8-1-9(5-12)3-10(2-8)6-12;;;;/h2*1-15H;2*8-10,17H,1-7H2;2*1H4;1H;/q2*+1;;;;;;+1/p-3. The second-order valence-corrected chi connectivity index (χ2v) is 27.6. The van der Waals surface area contributed by atoms with Gasteiger partial charge in [-0.25, -0.2) is 9.59 Å². The third kappa shape index (κ3) is 19.2. The number of hydrogen-bond acceptors (Lipinski definition) is 12. The van der Waals surface area contributed by atoms with E-state index in [-0.39, 0.29) is 103 Å². The molecule has 0 atom stereocenters. The minimum atomic E-state index is -3.94. The van der Waals surface area contributed by atoms with Crippen LogP contribution in [0.25, 0.3) is 0 Å². The van der Waals surface area contributed by atoms with Crippen molar-refractivity contribution in [1.82, 2.24) is 0 Å². The van der Waals surface area contributed by atoms with Gasteiger partial charge in [0.25, 0.3) is 0 Å². The van der Waals surface area contributed by atoms with Crippen molar-refractivity contribution in [2.75, 3.05) is 13.2 Å². The van der Waals surface area contributed by atoms with Crippen LogP contribution in [0.15, 0.2) is 211 Å². The Kier molecular flexibility index (Phi) is 28.5. The average molecular weight is 1260 g/mol. The predicted molar refractivity (Wildman–Crippen MR) is 309 cm³/mol. The maximum atomic E-state index is 13.3. The molecule has 0 radical (unpaired) electrons. The first-order valence-corrected chi connectivity index (χ1v) is 30.9. The van der Waals surface area contributed by atoms with Gasteiger partial charge in [-0.1, -0.05) is 124 Å². The Hall–Kier alpha value is -3.57. The molecule has 0 aromatic heterocycles. The van der Waals surface area contributed by atoms with Gasteiger partial charge in [0.2, 0.25) is 0 Å². The Morgan fingerprint density at radius 3 is 0.786 bits per heavy atom. The first-order chi connectivity index (χ1) is 38.7. The molecule has 0 amide bonds. The number of esters is 2. The normalized spacial score (nSPS) is 23.7. The molecule has 8 fully saturated rings. The van der Waals surface area contributed by atoms with E-state index >= 15 is 0 Å². The quantitative estimate of drug-likeness (QED) is 0.0154. The van der Waals surface area contributed by atoms with Crippen molar-refractivity contribution in [1.29, 1.82) is 0 Å². The van der Waals surface area contributed by atoms with Crippen molar-refractivity contribution < 1.29 is 108 Å². The summed E-state index contributed by atoms with van der Waals surface area (Å²) in [5.41, 5.74) is -0.248. The van der Waals surface area contributed by atoms with Crippen LogP contribution in [0.2, 0.25) is 0 Å². The molecule has 0 aliphatic heterocycles. The first kappa shape index (κ1) is 71.2. The average Bonchev–Trinajstić information content (AvgIpc) is 1.96. The summed E-state index contributed by atoms with van der Waals surface area (Å²) in [6, 6.07) is 64.3. The summed E-state index contributed by atoms with van der Waals surface area (Å²) in [6.45, 7) is 0.0629. The van der Waals surface area contributed by atoms with E-state index in [1.54, 1.807) is 0 Å². The van der Waals surface area contributed by atoms with E-state index in [0.29, 0.717) is 35.5 Å². The number of carbonyl (C=O) groups is 2. The summed E-state index contributed by atoms with van der Waals surface area (Å²) in [5, 5.41) is 16.9. The van der Waals surface area contributed by atoms with Gasteiger partial charge >= 0.3 is 52.0 Å². The molecule has 0 N–H and O–H groups in total. The molecule has 20 heteroatoms. The zero-order chi connectivity index (χ0) is 56.0. The Labute approximate surface area is 534 Å². The summed E-state index contributed by atoms with van der Waals surface area (Å²) in [4.78, 5) is 31.0. The number of rotatable bonds is 18. The number of halogens is 5. The molecule has 448 valence electrons. The Bertz CT molecular complexity index is 2410. The van der Waals surface area contributed by atoms with E-state index in [1.807, 2.05) is 0 Å². The van der Waals surface area contributed by atoms with E-state index in [9.17, 15) is 37.7 Å². The zero-order valence-corrected chi connectivity index (χ0v) is 51.3. The van der Waals surface area contributed by atoms with Gasteiger partial charge in [-0.05, 0) is 185 Å². The van der Waals surface area contributed by atoms with Crippen LogP contribution >= 0.6 is 24.1 Å². The van der Waals surface area contributed by atoms with Crippen LogP contribution in [0.3, 0.4) is 0 Å². The monoisotopic (exact) mass is 1260 g/mol. The molecule has 0 heterocycles. The van der Waals surface area contributed by atoms with Crippen LogP contribution in [0.1, 0.15) is 91.9 Å². The van der Waals surface area contributed by atoms with Crippen molar-refractivity contribution in [2.24, 2.45) is 46.3 Å². The number of alkyl halides is 4. The first-order valence-electron chi connectivity index (χ1n) is 26.9. The fraction of sp³-hybridized carbons (Fsp3) is 0.406. The van der Waals surface area contributed by atoms with Gasteiger partial charge in [-0.2, -0.15) is 26.2 Å². The van der Waals surface area contributed by atoms with Crippen LogP contribution < -0.4 is 52.5 Å². The van der Waals surface area contributed by atoms with Gasteiger partial charge in [-0.3, -0.25) is 10.1 Å². The summed E-state index contributed by atoms with van der Waals surface area (Å²) < 4.78 is 70.0. The van der Waals surface area contributed by atoms with Crippen molar-refractivity contribution >= 4 is 57.8 Å². The molecule has 8 saturated carbocycles. The van der Waals surface area contributed by atoms with Crippen molar-refractivity contribution in [3.8, 4) is 0 Å². The third-order valence-corrected chi connectivity index (χ3v) is 21.5. The smallest absolute Gasteiger partial charge is 1.00 e. The van der Waals surface area contributed by atoms with Crippen LogP contribution in [0.4, 0.5) is 17.6 Å². The summed E-state index contributed by atoms with van der Waals surface area (Å²) in [5.74, 6) is 0.567. The van der Waals surface area contributed by atoms with Gasteiger partial charge < -0.3 is 32.4 Å². The molecule has 10 nitrogen and oxygen atoms in total. The van der Waals surface area contributed by atoms with Crippen molar-refractivity contribution in [3.63, 3.8) is 0 Å². The topological polar surface area (TPSA) is 136 Å². The van der Waals surface area contributed by atoms with Crippen LogP contribution in [-0.4, -0.2) is 35.7 Å². The fourth-order valence-electron chi connectivity index (χ4n) is 13.9. The molecular weight excluding hydrogens is 1190 g/mol. The maximum Gasteiger partial charge on any atom is 1.00 e. The van der Waals surface area contributed by atoms with Crippen LogP contribution in [-0.2, 0) is 59.6 Å². The minimum absolute atomic E-state index is 0. The number of benzene rings is 6. The third-order valence-electron chi connectivity index (χ3n) is 16.0. The van der Waals surface area contributed by atoms with Gasteiger partial charge in [0.05, 0.1) is 35.0 Å². The molecule has 8 bridgehead atoms. The van der Waals surface area contributed by atoms with E-state index in [0.717, 1.165) is 38.5 Å². The number of ether oxygens (including phenoxy) is 2. The van der Waals surface area contributed by atoms with Gasteiger partial charge in [0.15, 0.2) is 29.4 Å². The number of hydrogen-bond donors (Lipinski definition) is 0. The number of carbonyl (C=O) groups excluding carboxylic acids is 2. The Balaban J connectivity index is 0.000000202. The fourth-order valence-corrected chi connectivity index (χ4v) is 18.6.